The number of hydrogen-bond acceptors (Lipinski definition) is 3. The molecule has 0 aliphatic rings. The van der Waals surface area contributed by atoms with E-state index in [-0.39, 0.29) is 10.9 Å². The molecule has 2 rings (SSSR count). The van der Waals surface area contributed by atoms with Crippen molar-refractivity contribution < 1.29 is 13.9 Å². The summed E-state index contributed by atoms with van der Waals surface area (Å²) in [5.74, 6) is -0.746. The maximum absolute atomic E-state index is 13.2. The number of methoxy groups -OCH3 is 1. The van der Waals surface area contributed by atoms with Gasteiger partial charge in [-0.15, -0.1) is 0 Å². The zero-order valence-corrected chi connectivity index (χ0v) is 14.0. The predicted octanol–water partition coefficient (Wildman–Crippen LogP) is 2.99. The number of hydrogen-bond donors (Lipinski definition) is 1. The number of aromatic nitrogens is 2. The summed E-state index contributed by atoms with van der Waals surface area (Å²) in [4.78, 5) is 12.4. The Labute approximate surface area is 139 Å². The Kier molecular flexibility index (Phi) is 5.38. The molecule has 0 unspecified atom stereocenters. The van der Waals surface area contributed by atoms with Crippen LogP contribution in [0.15, 0.2) is 30.5 Å². The Hall–Kier alpha value is -1.92. The van der Waals surface area contributed by atoms with Crippen LogP contribution in [-0.4, -0.2) is 29.4 Å². The minimum absolute atomic E-state index is 0.265. The molecule has 7 heteroatoms. The standard InChI is InChI=1S/C16H19ClFN3O2/c1-16(2,12-5-4-11(18)10-13(12)17)19-15(22)14-6-7-21(20-14)8-9-23-3/h4-7,10H,8-9H2,1-3H3,(H,19,22). The lowest BCUT2D eigenvalue weighted by molar-refractivity contribution is 0.0905. The monoisotopic (exact) mass is 339 g/mol. The van der Waals surface area contributed by atoms with E-state index in [0.717, 1.165) is 0 Å². The summed E-state index contributed by atoms with van der Waals surface area (Å²) in [6.07, 6.45) is 1.71. The van der Waals surface area contributed by atoms with E-state index in [0.29, 0.717) is 24.4 Å². The first-order valence-electron chi connectivity index (χ1n) is 7.14. The third kappa shape index (κ3) is 4.30. The fourth-order valence-corrected chi connectivity index (χ4v) is 2.61. The lowest BCUT2D eigenvalue weighted by Gasteiger charge is -2.27. The van der Waals surface area contributed by atoms with Gasteiger partial charge >= 0.3 is 0 Å². The molecule has 1 amide bonds. The third-order valence-electron chi connectivity index (χ3n) is 3.43. The van der Waals surface area contributed by atoms with Gasteiger partial charge in [-0.1, -0.05) is 17.7 Å². The van der Waals surface area contributed by atoms with Crippen LogP contribution in [0.5, 0.6) is 0 Å². The molecule has 5 nitrogen and oxygen atoms in total. The normalized spacial score (nSPS) is 11.5. The van der Waals surface area contributed by atoms with Crippen LogP contribution in [0.1, 0.15) is 29.9 Å². The highest BCUT2D eigenvalue weighted by atomic mass is 35.5. The van der Waals surface area contributed by atoms with Gasteiger partial charge in [-0.2, -0.15) is 5.10 Å². The molecular formula is C16H19ClFN3O2. The van der Waals surface area contributed by atoms with Crippen LogP contribution in [0.3, 0.4) is 0 Å². The van der Waals surface area contributed by atoms with Crippen LogP contribution < -0.4 is 5.32 Å². The van der Waals surface area contributed by atoms with Crippen molar-refractivity contribution in [3.05, 3.63) is 52.6 Å². The molecule has 0 spiro atoms. The van der Waals surface area contributed by atoms with Gasteiger partial charge in [-0.25, -0.2) is 4.39 Å². The van der Waals surface area contributed by atoms with Crippen LogP contribution in [0.4, 0.5) is 4.39 Å². The molecule has 1 aromatic carbocycles. The molecule has 0 atom stereocenters. The molecule has 0 fully saturated rings. The van der Waals surface area contributed by atoms with E-state index in [1.807, 2.05) is 0 Å². The highest BCUT2D eigenvalue weighted by molar-refractivity contribution is 6.31. The minimum Gasteiger partial charge on any atom is -0.383 e. The van der Waals surface area contributed by atoms with Crippen molar-refractivity contribution in [3.63, 3.8) is 0 Å². The van der Waals surface area contributed by atoms with Crippen LogP contribution in [-0.2, 0) is 16.8 Å². The average Bonchev–Trinajstić information content (AvgIpc) is 2.93. The molecule has 0 aliphatic heterocycles. The molecule has 0 bridgehead atoms. The summed E-state index contributed by atoms with van der Waals surface area (Å²) in [5.41, 5.74) is 0.165. The lowest BCUT2D eigenvalue weighted by Crippen LogP contribution is -2.41. The number of rotatable bonds is 6. The molecule has 23 heavy (non-hydrogen) atoms. The van der Waals surface area contributed by atoms with E-state index in [4.69, 9.17) is 16.3 Å². The number of halogens is 2. The number of ether oxygens (including phenoxy) is 1. The summed E-state index contributed by atoms with van der Waals surface area (Å²) in [6.45, 7) is 4.67. The number of amides is 1. The van der Waals surface area contributed by atoms with Gasteiger partial charge in [0.25, 0.3) is 5.91 Å². The van der Waals surface area contributed by atoms with Gasteiger partial charge in [0.2, 0.25) is 0 Å². The number of nitrogens with one attached hydrogen (secondary N) is 1. The Morgan fingerprint density at radius 2 is 2.17 bits per heavy atom. The number of carbonyl (C=O) groups excluding carboxylic acids is 1. The SMILES string of the molecule is COCCn1ccc(C(=O)NC(C)(C)c2ccc(F)cc2Cl)n1. The highest BCUT2D eigenvalue weighted by Gasteiger charge is 2.27. The number of nitrogens with zero attached hydrogens (tertiary/aromatic N) is 2. The highest BCUT2D eigenvalue weighted by Crippen LogP contribution is 2.28. The van der Waals surface area contributed by atoms with Gasteiger partial charge in [0, 0.05) is 18.3 Å². The molecule has 1 heterocycles. The molecule has 1 aromatic heterocycles. The summed E-state index contributed by atoms with van der Waals surface area (Å²) in [5, 5.41) is 7.32. The van der Waals surface area contributed by atoms with Crippen LogP contribution in [0.2, 0.25) is 5.02 Å². The summed E-state index contributed by atoms with van der Waals surface area (Å²) in [7, 11) is 1.60. The van der Waals surface area contributed by atoms with E-state index in [1.54, 1.807) is 44.0 Å². The summed E-state index contributed by atoms with van der Waals surface area (Å²) >= 11 is 6.08. The maximum atomic E-state index is 13.2. The second kappa shape index (κ2) is 7.10. The van der Waals surface area contributed by atoms with E-state index in [9.17, 15) is 9.18 Å². The smallest absolute Gasteiger partial charge is 0.272 e. The minimum atomic E-state index is -0.766. The van der Waals surface area contributed by atoms with E-state index in [1.165, 1.54) is 12.1 Å². The zero-order valence-electron chi connectivity index (χ0n) is 13.3. The van der Waals surface area contributed by atoms with Crippen molar-refractivity contribution in [2.24, 2.45) is 0 Å². The second-order valence-electron chi connectivity index (χ2n) is 5.66. The van der Waals surface area contributed by atoms with Gasteiger partial charge < -0.3 is 10.1 Å². The van der Waals surface area contributed by atoms with E-state index < -0.39 is 11.4 Å². The molecule has 0 saturated carbocycles. The van der Waals surface area contributed by atoms with Crippen molar-refractivity contribution in [1.29, 1.82) is 0 Å². The van der Waals surface area contributed by atoms with E-state index >= 15 is 0 Å². The van der Waals surface area contributed by atoms with Gasteiger partial charge in [-0.05, 0) is 37.6 Å². The zero-order chi connectivity index (χ0) is 17.0. The molecular weight excluding hydrogens is 321 g/mol. The predicted molar refractivity (Wildman–Crippen MR) is 86.0 cm³/mol. The summed E-state index contributed by atoms with van der Waals surface area (Å²) in [6, 6.07) is 5.74. The van der Waals surface area contributed by atoms with Crippen molar-refractivity contribution >= 4 is 17.5 Å². The van der Waals surface area contributed by atoms with Crippen LogP contribution in [0.25, 0.3) is 0 Å². The quantitative estimate of drug-likeness (QED) is 0.880. The molecule has 0 aliphatic carbocycles. The first kappa shape index (κ1) is 17.4. The van der Waals surface area contributed by atoms with Crippen molar-refractivity contribution in [2.75, 3.05) is 13.7 Å². The van der Waals surface area contributed by atoms with Gasteiger partial charge in [0.05, 0.1) is 18.7 Å². The van der Waals surface area contributed by atoms with Gasteiger partial charge in [-0.3, -0.25) is 9.48 Å². The van der Waals surface area contributed by atoms with Gasteiger partial charge in [0.15, 0.2) is 0 Å². The second-order valence-corrected chi connectivity index (χ2v) is 6.07. The van der Waals surface area contributed by atoms with Crippen molar-refractivity contribution in [3.8, 4) is 0 Å². The summed E-state index contributed by atoms with van der Waals surface area (Å²) < 4.78 is 19.8. The van der Waals surface area contributed by atoms with Crippen LogP contribution >= 0.6 is 11.6 Å². The Balaban J connectivity index is 2.13. The Bertz CT molecular complexity index is 700. The van der Waals surface area contributed by atoms with Crippen LogP contribution in [0, 0.1) is 5.82 Å². The fraction of sp³-hybridized carbons (Fsp3) is 0.375. The number of benzene rings is 1. The molecule has 124 valence electrons. The molecule has 0 radical (unpaired) electrons. The topological polar surface area (TPSA) is 56.1 Å². The average molecular weight is 340 g/mol. The van der Waals surface area contributed by atoms with E-state index in [2.05, 4.69) is 10.4 Å². The van der Waals surface area contributed by atoms with Gasteiger partial charge in [0.1, 0.15) is 11.5 Å². The molecule has 2 aromatic rings. The molecule has 1 N–H and O–H groups in total. The lowest BCUT2D eigenvalue weighted by atomic mass is 9.94. The largest absolute Gasteiger partial charge is 0.383 e. The first-order valence-corrected chi connectivity index (χ1v) is 7.52. The fourth-order valence-electron chi connectivity index (χ4n) is 2.20. The Morgan fingerprint density at radius 3 is 2.83 bits per heavy atom. The Morgan fingerprint density at radius 1 is 1.43 bits per heavy atom. The molecule has 0 saturated heterocycles. The maximum Gasteiger partial charge on any atom is 0.272 e. The third-order valence-corrected chi connectivity index (χ3v) is 3.74. The number of carbonyl (C=O) groups is 1. The van der Waals surface area contributed by atoms with Crippen molar-refractivity contribution in [2.45, 2.75) is 25.9 Å². The first-order chi connectivity index (χ1) is 10.8. The van der Waals surface area contributed by atoms with Crippen molar-refractivity contribution in [1.82, 2.24) is 15.1 Å².